The molecule has 0 fully saturated rings. The molecule has 1 N–H and O–H groups in total. The number of fused-ring (bicyclic) bond motifs is 1. The van der Waals surface area contributed by atoms with Crippen molar-refractivity contribution in [1.29, 1.82) is 0 Å². The third-order valence-electron chi connectivity index (χ3n) is 4.65. The fourth-order valence-corrected chi connectivity index (χ4v) is 3.18. The summed E-state index contributed by atoms with van der Waals surface area (Å²) in [6, 6.07) is 25.8. The Morgan fingerprint density at radius 2 is 1.48 bits per heavy atom. The Morgan fingerprint density at radius 3 is 2.20 bits per heavy atom. The second-order valence-electron chi connectivity index (χ2n) is 6.10. The maximum absolute atomic E-state index is 11.4. The van der Waals surface area contributed by atoms with E-state index in [9.17, 15) is 5.11 Å². The Balaban J connectivity index is 1.78. The van der Waals surface area contributed by atoms with Crippen LogP contribution in [0, 0.1) is 0 Å². The highest BCUT2D eigenvalue weighted by Crippen LogP contribution is 2.31. The molecule has 1 aromatic heterocycles. The highest BCUT2D eigenvalue weighted by Gasteiger charge is 2.32. The van der Waals surface area contributed by atoms with Crippen LogP contribution in [0.5, 0.6) is 0 Å². The average molecular weight is 329 g/mol. The molecule has 0 radical (unpaired) electrons. The molecule has 25 heavy (non-hydrogen) atoms. The van der Waals surface area contributed by atoms with Gasteiger partial charge in [-0.15, -0.1) is 5.10 Å². The van der Waals surface area contributed by atoms with Crippen LogP contribution in [0.1, 0.15) is 18.9 Å². The summed E-state index contributed by atoms with van der Waals surface area (Å²) >= 11 is 0. The van der Waals surface area contributed by atoms with E-state index in [4.69, 9.17) is 0 Å². The van der Waals surface area contributed by atoms with E-state index in [1.165, 1.54) is 0 Å². The lowest BCUT2D eigenvalue weighted by Gasteiger charge is -2.28. The van der Waals surface area contributed by atoms with Crippen LogP contribution >= 0.6 is 0 Å². The molecule has 0 amide bonds. The minimum atomic E-state index is -1.23. The molecular weight excluding hydrogens is 310 g/mol. The summed E-state index contributed by atoms with van der Waals surface area (Å²) in [6.45, 7) is 1.95. The molecule has 3 aromatic carbocycles. The van der Waals surface area contributed by atoms with Gasteiger partial charge in [0, 0.05) is 5.56 Å². The molecule has 1 atom stereocenters. The molecule has 4 rings (SSSR count). The van der Waals surface area contributed by atoms with Gasteiger partial charge in [-0.3, -0.25) is 0 Å². The highest BCUT2D eigenvalue weighted by atomic mass is 16.3. The van der Waals surface area contributed by atoms with Gasteiger partial charge in [0.2, 0.25) is 0 Å². The van der Waals surface area contributed by atoms with Gasteiger partial charge in [0.25, 0.3) is 0 Å². The summed E-state index contributed by atoms with van der Waals surface area (Å²) in [5.74, 6) is 0. The Morgan fingerprint density at radius 1 is 0.840 bits per heavy atom. The quantitative estimate of drug-likeness (QED) is 0.610. The second kappa shape index (κ2) is 6.15. The van der Waals surface area contributed by atoms with Crippen molar-refractivity contribution in [3.05, 3.63) is 84.4 Å². The minimum absolute atomic E-state index is 0.491. The Bertz CT molecular complexity index is 993. The largest absolute Gasteiger partial charge is 0.365 e. The minimum Gasteiger partial charge on any atom is -0.365 e. The normalized spacial score (nSPS) is 13.7. The van der Waals surface area contributed by atoms with Crippen LogP contribution in [-0.2, 0) is 5.72 Å². The molecular formula is C21H19N3O. The maximum Gasteiger partial charge on any atom is 0.186 e. The predicted molar refractivity (Wildman–Crippen MR) is 99.0 cm³/mol. The van der Waals surface area contributed by atoms with E-state index < -0.39 is 5.72 Å². The SMILES string of the molecule is CCC(O)(c1ccc(-c2ccccc2)cc1)n1nnc2ccccc21. The van der Waals surface area contributed by atoms with Crippen molar-refractivity contribution in [3.8, 4) is 11.1 Å². The summed E-state index contributed by atoms with van der Waals surface area (Å²) in [6.07, 6.45) is 0.491. The highest BCUT2D eigenvalue weighted by molar-refractivity contribution is 5.74. The van der Waals surface area contributed by atoms with E-state index in [-0.39, 0.29) is 0 Å². The fraction of sp³-hybridized carbons (Fsp3) is 0.143. The number of benzene rings is 3. The maximum atomic E-state index is 11.4. The van der Waals surface area contributed by atoms with Crippen molar-refractivity contribution in [2.75, 3.05) is 0 Å². The summed E-state index contributed by atoms with van der Waals surface area (Å²) in [7, 11) is 0. The van der Waals surface area contributed by atoms with E-state index in [2.05, 4.69) is 22.4 Å². The molecule has 0 aliphatic carbocycles. The van der Waals surface area contributed by atoms with Gasteiger partial charge in [-0.25, -0.2) is 4.68 Å². The van der Waals surface area contributed by atoms with E-state index in [0.29, 0.717) is 6.42 Å². The smallest absolute Gasteiger partial charge is 0.186 e. The van der Waals surface area contributed by atoms with Crippen LogP contribution in [-0.4, -0.2) is 20.1 Å². The summed E-state index contributed by atoms with van der Waals surface area (Å²) in [5, 5.41) is 19.8. The van der Waals surface area contributed by atoms with E-state index >= 15 is 0 Å². The zero-order chi connectivity index (χ0) is 17.3. The molecule has 0 spiro atoms. The van der Waals surface area contributed by atoms with Gasteiger partial charge in [0.1, 0.15) is 5.52 Å². The summed E-state index contributed by atoms with van der Waals surface area (Å²) < 4.78 is 1.61. The lowest BCUT2D eigenvalue weighted by Crippen LogP contribution is -2.35. The van der Waals surface area contributed by atoms with Crippen LogP contribution < -0.4 is 0 Å². The average Bonchev–Trinajstić information content (AvgIpc) is 3.13. The van der Waals surface area contributed by atoms with Gasteiger partial charge in [-0.05, 0) is 29.7 Å². The summed E-state index contributed by atoms with van der Waals surface area (Å²) in [4.78, 5) is 0. The molecule has 124 valence electrons. The van der Waals surface area contributed by atoms with E-state index in [1.54, 1.807) is 4.68 Å². The van der Waals surface area contributed by atoms with Gasteiger partial charge in [0.05, 0.1) is 5.52 Å². The first kappa shape index (κ1) is 15.5. The molecule has 1 unspecified atom stereocenters. The van der Waals surface area contributed by atoms with E-state index in [1.807, 2.05) is 73.7 Å². The number of nitrogens with zero attached hydrogens (tertiary/aromatic N) is 3. The molecule has 4 nitrogen and oxygen atoms in total. The van der Waals surface area contributed by atoms with Crippen molar-refractivity contribution in [1.82, 2.24) is 15.0 Å². The summed E-state index contributed by atoms with van der Waals surface area (Å²) in [5.41, 5.74) is 3.43. The Kier molecular flexibility index (Phi) is 3.82. The number of rotatable bonds is 4. The molecule has 4 aromatic rings. The van der Waals surface area contributed by atoms with Crippen molar-refractivity contribution < 1.29 is 5.11 Å². The van der Waals surface area contributed by atoms with Crippen molar-refractivity contribution >= 4 is 11.0 Å². The number of hydrogen-bond acceptors (Lipinski definition) is 3. The number of hydrogen-bond donors (Lipinski definition) is 1. The molecule has 0 bridgehead atoms. The molecule has 4 heteroatoms. The van der Waals surface area contributed by atoms with Crippen LogP contribution in [0.2, 0.25) is 0 Å². The van der Waals surface area contributed by atoms with Crippen LogP contribution in [0.25, 0.3) is 22.2 Å². The second-order valence-corrected chi connectivity index (χ2v) is 6.10. The third-order valence-corrected chi connectivity index (χ3v) is 4.65. The zero-order valence-electron chi connectivity index (χ0n) is 14.0. The standard InChI is InChI=1S/C21H19N3O/c1-2-21(25,24-20-11-7-6-10-19(20)22-23-24)18-14-12-17(13-15-18)16-8-4-3-5-9-16/h3-15,25H,2H2,1H3. The number of aromatic nitrogens is 3. The van der Waals surface area contributed by atoms with Crippen molar-refractivity contribution in [2.24, 2.45) is 0 Å². The first-order valence-electron chi connectivity index (χ1n) is 8.41. The zero-order valence-corrected chi connectivity index (χ0v) is 14.0. The van der Waals surface area contributed by atoms with Gasteiger partial charge >= 0.3 is 0 Å². The fourth-order valence-electron chi connectivity index (χ4n) is 3.18. The van der Waals surface area contributed by atoms with Gasteiger partial charge in [-0.2, -0.15) is 0 Å². The van der Waals surface area contributed by atoms with Crippen LogP contribution in [0.3, 0.4) is 0 Å². The monoisotopic (exact) mass is 329 g/mol. The number of aliphatic hydroxyl groups is 1. The lowest BCUT2D eigenvalue weighted by molar-refractivity contribution is -0.00790. The van der Waals surface area contributed by atoms with Gasteiger partial charge in [-0.1, -0.05) is 78.9 Å². The molecule has 0 aliphatic rings. The third kappa shape index (κ3) is 2.61. The molecule has 0 saturated heterocycles. The molecule has 1 heterocycles. The molecule has 0 saturated carbocycles. The Labute approximate surface area is 146 Å². The van der Waals surface area contributed by atoms with Crippen molar-refractivity contribution in [3.63, 3.8) is 0 Å². The predicted octanol–water partition coefficient (Wildman–Crippen LogP) is 4.20. The van der Waals surface area contributed by atoms with Crippen molar-refractivity contribution in [2.45, 2.75) is 19.1 Å². The van der Waals surface area contributed by atoms with Crippen LogP contribution in [0.15, 0.2) is 78.9 Å². The molecule has 0 aliphatic heterocycles. The first-order chi connectivity index (χ1) is 12.2. The first-order valence-corrected chi connectivity index (χ1v) is 8.41. The van der Waals surface area contributed by atoms with Crippen LogP contribution in [0.4, 0.5) is 0 Å². The number of para-hydroxylation sites is 1. The topological polar surface area (TPSA) is 50.9 Å². The lowest BCUT2D eigenvalue weighted by atomic mass is 9.96. The van der Waals surface area contributed by atoms with Gasteiger partial charge in [0.15, 0.2) is 5.72 Å². The van der Waals surface area contributed by atoms with Gasteiger partial charge < -0.3 is 5.11 Å². The van der Waals surface area contributed by atoms with E-state index in [0.717, 1.165) is 27.7 Å². The Hall–Kier alpha value is -2.98.